The molecule has 1 fully saturated rings. The third kappa shape index (κ3) is 2.00. The number of aliphatic imine (C=N–C) groups is 1. The number of thioether (sulfide) groups is 1. The van der Waals surface area contributed by atoms with Crippen LogP contribution < -0.4 is 0 Å². The Morgan fingerprint density at radius 3 is 2.85 bits per heavy atom. The highest BCUT2D eigenvalue weighted by Crippen LogP contribution is 2.25. The molecule has 0 aliphatic carbocycles. The van der Waals surface area contributed by atoms with Crippen molar-refractivity contribution >= 4 is 28.8 Å². The van der Waals surface area contributed by atoms with Gasteiger partial charge in [-0.2, -0.15) is 0 Å². The molecule has 0 radical (unpaired) electrons. The van der Waals surface area contributed by atoms with Crippen molar-refractivity contribution in [1.29, 1.82) is 0 Å². The highest BCUT2D eigenvalue weighted by atomic mass is 32.2. The van der Waals surface area contributed by atoms with Gasteiger partial charge in [0.05, 0.1) is 6.42 Å². The molecule has 1 saturated heterocycles. The lowest BCUT2D eigenvalue weighted by Crippen LogP contribution is -2.41. The van der Waals surface area contributed by atoms with Gasteiger partial charge in [-0.25, -0.2) is 0 Å². The molecular formula is C7H10N2O3S. The largest absolute Gasteiger partial charge is 0.480 e. The summed E-state index contributed by atoms with van der Waals surface area (Å²) < 4.78 is 0. The molecule has 0 aromatic heterocycles. The predicted octanol–water partition coefficient (Wildman–Crippen LogP) is 0.0207. The van der Waals surface area contributed by atoms with E-state index in [1.54, 1.807) is 7.05 Å². The van der Waals surface area contributed by atoms with Crippen LogP contribution >= 0.6 is 11.8 Å². The van der Waals surface area contributed by atoms with E-state index in [1.165, 1.54) is 11.9 Å². The van der Waals surface area contributed by atoms with E-state index in [0.29, 0.717) is 5.17 Å². The van der Waals surface area contributed by atoms with E-state index < -0.39 is 11.2 Å². The Bertz CT molecular complexity index is 277. The molecule has 0 aromatic rings. The molecule has 0 aromatic carbocycles. The molecular weight excluding hydrogens is 192 g/mol. The summed E-state index contributed by atoms with van der Waals surface area (Å²) in [6.07, 6.45) is 0.0372. The quantitative estimate of drug-likeness (QED) is 0.650. The molecule has 0 saturated carbocycles. The second kappa shape index (κ2) is 3.78. The van der Waals surface area contributed by atoms with Gasteiger partial charge in [0.25, 0.3) is 0 Å². The molecule has 1 rings (SSSR count). The standard InChI is InChI=1S/C7H10N2O3S/c1-8-7-9(2)5(10)3-4(13-7)6(11)12/h4H,3H2,1-2H3,(H,11,12). The third-order valence-electron chi connectivity index (χ3n) is 1.74. The van der Waals surface area contributed by atoms with E-state index in [9.17, 15) is 9.59 Å². The van der Waals surface area contributed by atoms with Crippen molar-refractivity contribution in [3.8, 4) is 0 Å². The van der Waals surface area contributed by atoms with Gasteiger partial charge >= 0.3 is 5.97 Å². The van der Waals surface area contributed by atoms with Gasteiger partial charge in [0.15, 0.2) is 5.17 Å². The Kier molecular flexibility index (Phi) is 2.92. The van der Waals surface area contributed by atoms with E-state index in [0.717, 1.165) is 11.8 Å². The predicted molar refractivity (Wildman–Crippen MR) is 49.8 cm³/mol. The summed E-state index contributed by atoms with van der Waals surface area (Å²) in [4.78, 5) is 27.1. The minimum atomic E-state index is -0.965. The van der Waals surface area contributed by atoms with E-state index in [4.69, 9.17) is 5.11 Å². The summed E-state index contributed by atoms with van der Waals surface area (Å²) in [6.45, 7) is 0. The summed E-state index contributed by atoms with van der Waals surface area (Å²) >= 11 is 1.11. The van der Waals surface area contributed by atoms with Gasteiger partial charge in [0.2, 0.25) is 5.91 Å². The van der Waals surface area contributed by atoms with Gasteiger partial charge in [-0.1, -0.05) is 11.8 Å². The summed E-state index contributed by atoms with van der Waals surface area (Å²) in [5, 5.41) is 8.48. The Morgan fingerprint density at radius 1 is 1.77 bits per heavy atom. The first-order valence-corrected chi connectivity index (χ1v) is 4.57. The maximum Gasteiger partial charge on any atom is 0.317 e. The molecule has 0 spiro atoms. The van der Waals surface area contributed by atoms with Gasteiger partial charge in [0, 0.05) is 14.1 Å². The summed E-state index contributed by atoms with van der Waals surface area (Å²) in [5.74, 6) is -1.17. The number of carbonyl (C=O) groups excluding carboxylic acids is 1. The van der Waals surface area contributed by atoms with E-state index in [-0.39, 0.29) is 12.3 Å². The van der Waals surface area contributed by atoms with Crippen molar-refractivity contribution < 1.29 is 14.7 Å². The first kappa shape index (κ1) is 10.0. The van der Waals surface area contributed by atoms with Crippen molar-refractivity contribution in [3.63, 3.8) is 0 Å². The molecule has 1 aliphatic heterocycles. The van der Waals surface area contributed by atoms with Gasteiger partial charge in [-0.3, -0.25) is 19.5 Å². The Morgan fingerprint density at radius 2 is 2.38 bits per heavy atom. The topological polar surface area (TPSA) is 70.0 Å². The Labute approximate surface area is 79.8 Å². The average Bonchev–Trinajstić information content (AvgIpc) is 2.09. The molecule has 1 heterocycles. The number of hydrogen-bond acceptors (Lipinski definition) is 4. The number of nitrogens with zero attached hydrogens (tertiary/aromatic N) is 2. The molecule has 6 heteroatoms. The number of amides is 1. The van der Waals surface area contributed by atoms with Crippen molar-refractivity contribution in [3.05, 3.63) is 0 Å². The van der Waals surface area contributed by atoms with Gasteiger partial charge < -0.3 is 5.11 Å². The van der Waals surface area contributed by atoms with Crippen molar-refractivity contribution in [1.82, 2.24) is 4.90 Å². The van der Waals surface area contributed by atoms with Crippen LogP contribution in [0.3, 0.4) is 0 Å². The van der Waals surface area contributed by atoms with Crippen LogP contribution in [0.1, 0.15) is 6.42 Å². The Hall–Kier alpha value is -1.04. The number of rotatable bonds is 1. The lowest BCUT2D eigenvalue weighted by Gasteiger charge is -2.26. The molecule has 5 nitrogen and oxygen atoms in total. The van der Waals surface area contributed by atoms with Crippen LogP contribution in [0.2, 0.25) is 0 Å². The second-order valence-corrected chi connectivity index (χ2v) is 3.78. The SMILES string of the molecule is CN=C1SC(C(=O)O)CC(=O)N1C. The van der Waals surface area contributed by atoms with Crippen LogP contribution in [-0.4, -0.2) is 46.4 Å². The molecule has 1 N–H and O–H groups in total. The number of amidine groups is 1. The lowest BCUT2D eigenvalue weighted by molar-refractivity contribution is -0.139. The van der Waals surface area contributed by atoms with Crippen molar-refractivity contribution in [2.45, 2.75) is 11.7 Å². The molecule has 1 atom stereocenters. The van der Waals surface area contributed by atoms with Gasteiger partial charge in [0.1, 0.15) is 5.25 Å². The molecule has 1 aliphatic rings. The third-order valence-corrected chi connectivity index (χ3v) is 3.06. The van der Waals surface area contributed by atoms with Crippen LogP contribution in [-0.2, 0) is 9.59 Å². The number of carbonyl (C=O) groups is 2. The minimum Gasteiger partial charge on any atom is -0.480 e. The molecule has 13 heavy (non-hydrogen) atoms. The number of carboxylic acid groups (broad SMARTS) is 1. The van der Waals surface area contributed by atoms with Crippen LogP contribution in [0.4, 0.5) is 0 Å². The fourth-order valence-electron chi connectivity index (χ4n) is 0.991. The maximum atomic E-state index is 11.2. The fraction of sp³-hybridized carbons (Fsp3) is 0.571. The monoisotopic (exact) mass is 202 g/mol. The fourth-order valence-corrected chi connectivity index (χ4v) is 1.94. The van der Waals surface area contributed by atoms with Crippen molar-refractivity contribution in [2.75, 3.05) is 14.1 Å². The summed E-state index contributed by atoms with van der Waals surface area (Å²) in [6, 6.07) is 0. The second-order valence-electron chi connectivity index (χ2n) is 2.61. The normalized spacial score (nSPS) is 26.6. The van der Waals surface area contributed by atoms with E-state index >= 15 is 0 Å². The van der Waals surface area contributed by atoms with Crippen LogP contribution in [0, 0.1) is 0 Å². The lowest BCUT2D eigenvalue weighted by atomic mass is 10.3. The zero-order valence-electron chi connectivity index (χ0n) is 7.35. The summed E-state index contributed by atoms with van der Waals surface area (Å²) in [5.41, 5.74) is 0. The van der Waals surface area contributed by atoms with E-state index in [1.807, 2.05) is 0 Å². The Balaban J connectivity index is 2.81. The molecule has 1 amide bonds. The highest BCUT2D eigenvalue weighted by molar-refractivity contribution is 8.15. The van der Waals surface area contributed by atoms with Crippen LogP contribution in [0.15, 0.2) is 4.99 Å². The van der Waals surface area contributed by atoms with Crippen molar-refractivity contribution in [2.24, 2.45) is 4.99 Å². The number of aliphatic carboxylic acids is 1. The van der Waals surface area contributed by atoms with E-state index in [2.05, 4.69) is 4.99 Å². The number of hydrogen-bond donors (Lipinski definition) is 1. The highest BCUT2D eigenvalue weighted by Gasteiger charge is 2.33. The zero-order valence-corrected chi connectivity index (χ0v) is 8.17. The van der Waals surface area contributed by atoms with Crippen LogP contribution in [0.25, 0.3) is 0 Å². The molecule has 1 unspecified atom stereocenters. The smallest absolute Gasteiger partial charge is 0.317 e. The van der Waals surface area contributed by atoms with Crippen LogP contribution in [0.5, 0.6) is 0 Å². The van der Waals surface area contributed by atoms with Gasteiger partial charge in [-0.15, -0.1) is 0 Å². The van der Waals surface area contributed by atoms with Gasteiger partial charge in [-0.05, 0) is 0 Å². The summed E-state index contributed by atoms with van der Waals surface area (Å²) in [7, 11) is 3.13. The maximum absolute atomic E-state index is 11.2. The zero-order chi connectivity index (χ0) is 10.0. The average molecular weight is 202 g/mol. The first-order valence-electron chi connectivity index (χ1n) is 3.69. The first-order chi connectivity index (χ1) is 6.06. The minimum absolute atomic E-state index is 0.0372. The number of carboxylic acids is 1. The molecule has 72 valence electrons. The molecule has 0 bridgehead atoms.